The number of ether oxygens (including phenoxy) is 1. The number of nitrogens with zero attached hydrogens (tertiary/aromatic N) is 4. The molecule has 0 radical (unpaired) electrons. The number of sulfone groups is 1. The van der Waals surface area contributed by atoms with Crippen molar-refractivity contribution in [3.8, 4) is 29.1 Å². The molecule has 0 atom stereocenters. The van der Waals surface area contributed by atoms with E-state index in [4.69, 9.17) is 4.74 Å². The standard InChI is InChI=1S/C28H27N5O3S/c29-18-25-24-10-9-23(36-28-30-13-2-14-31-28)17-26(24)33(22-3-1-4-22)27(25)19-5-7-20(8-6-19)32-21-11-15-37(34,35)16-12-21/h2,5-10,13-14,17,21-22,32H,1,3-4,11-12,15-16H2. The number of benzene rings is 2. The molecule has 188 valence electrons. The summed E-state index contributed by atoms with van der Waals surface area (Å²) in [5.41, 5.74) is 4.48. The monoisotopic (exact) mass is 513 g/mol. The van der Waals surface area contributed by atoms with Gasteiger partial charge in [0, 0.05) is 41.6 Å². The Morgan fingerprint density at radius 3 is 2.38 bits per heavy atom. The molecule has 2 fully saturated rings. The van der Waals surface area contributed by atoms with Gasteiger partial charge in [-0.25, -0.2) is 18.4 Å². The zero-order valence-corrected chi connectivity index (χ0v) is 21.1. The van der Waals surface area contributed by atoms with Crippen LogP contribution in [0, 0.1) is 11.3 Å². The minimum Gasteiger partial charge on any atom is -0.424 e. The first-order valence-electron chi connectivity index (χ1n) is 12.6. The number of fused-ring (bicyclic) bond motifs is 1. The van der Waals surface area contributed by atoms with Gasteiger partial charge in [-0.15, -0.1) is 0 Å². The second-order valence-electron chi connectivity index (χ2n) is 9.75. The van der Waals surface area contributed by atoms with E-state index in [0.717, 1.165) is 40.7 Å². The minimum absolute atomic E-state index is 0.150. The molecule has 0 unspecified atom stereocenters. The van der Waals surface area contributed by atoms with Crippen LogP contribution in [0.4, 0.5) is 5.69 Å². The van der Waals surface area contributed by atoms with E-state index in [0.29, 0.717) is 30.2 Å². The van der Waals surface area contributed by atoms with E-state index in [1.807, 2.05) is 42.5 Å². The van der Waals surface area contributed by atoms with E-state index in [9.17, 15) is 13.7 Å². The Labute approximate surface area is 215 Å². The van der Waals surface area contributed by atoms with Crippen molar-refractivity contribution in [2.24, 2.45) is 0 Å². The third-order valence-corrected chi connectivity index (χ3v) is 9.08. The van der Waals surface area contributed by atoms with E-state index in [1.165, 1.54) is 6.42 Å². The first-order valence-corrected chi connectivity index (χ1v) is 14.4. The van der Waals surface area contributed by atoms with Gasteiger partial charge in [0.15, 0.2) is 0 Å². The zero-order valence-electron chi connectivity index (χ0n) is 20.3. The molecule has 3 heterocycles. The van der Waals surface area contributed by atoms with Crippen LogP contribution >= 0.6 is 0 Å². The fraction of sp³-hybridized carbons (Fsp3) is 0.321. The molecule has 0 bridgehead atoms. The molecule has 1 saturated heterocycles. The van der Waals surface area contributed by atoms with Crippen LogP contribution in [0.1, 0.15) is 43.7 Å². The smallest absolute Gasteiger partial charge is 0.321 e. The normalized spacial score (nSPS) is 17.7. The van der Waals surface area contributed by atoms with Crippen LogP contribution in [0.25, 0.3) is 22.2 Å². The number of nitrogens with one attached hydrogen (secondary N) is 1. The molecule has 0 amide bonds. The Morgan fingerprint density at radius 1 is 1.00 bits per heavy atom. The van der Waals surface area contributed by atoms with Crippen molar-refractivity contribution >= 4 is 26.4 Å². The molecule has 9 heteroatoms. The molecule has 6 rings (SSSR count). The van der Waals surface area contributed by atoms with Gasteiger partial charge in [-0.1, -0.05) is 12.1 Å². The maximum absolute atomic E-state index is 11.7. The molecule has 1 aliphatic carbocycles. The lowest BCUT2D eigenvalue weighted by Gasteiger charge is -2.30. The molecule has 2 aliphatic rings. The summed E-state index contributed by atoms with van der Waals surface area (Å²) in [7, 11) is -2.89. The fourth-order valence-corrected chi connectivity index (χ4v) is 6.70. The van der Waals surface area contributed by atoms with Crippen molar-refractivity contribution in [2.75, 3.05) is 16.8 Å². The number of hydrogen-bond donors (Lipinski definition) is 1. The first kappa shape index (κ1) is 23.5. The van der Waals surface area contributed by atoms with Crippen molar-refractivity contribution in [2.45, 2.75) is 44.2 Å². The lowest BCUT2D eigenvalue weighted by Crippen LogP contribution is -2.32. The maximum atomic E-state index is 11.7. The number of aromatic nitrogens is 3. The van der Waals surface area contributed by atoms with Crippen LogP contribution in [0.2, 0.25) is 0 Å². The molecule has 2 aromatic heterocycles. The van der Waals surface area contributed by atoms with E-state index in [2.05, 4.69) is 25.9 Å². The molecule has 0 spiro atoms. The molecular weight excluding hydrogens is 486 g/mol. The van der Waals surface area contributed by atoms with Gasteiger partial charge in [-0.05, 0) is 68.0 Å². The van der Waals surface area contributed by atoms with Crippen LogP contribution in [0.5, 0.6) is 11.8 Å². The van der Waals surface area contributed by atoms with E-state index < -0.39 is 9.84 Å². The Kier molecular flexibility index (Phi) is 6.05. The predicted molar refractivity (Wildman–Crippen MR) is 142 cm³/mol. The third kappa shape index (κ3) is 4.65. The largest absolute Gasteiger partial charge is 0.424 e. The summed E-state index contributed by atoms with van der Waals surface area (Å²) in [5, 5.41) is 14.6. The summed E-state index contributed by atoms with van der Waals surface area (Å²) < 4.78 is 31.7. The Balaban J connectivity index is 1.35. The molecule has 4 aromatic rings. The highest BCUT2D eigenvalue weighted by molar-refractivity contribution is 7.91. The first-order chi connectivity index (χ1) is 18.0. The highest BCUT2D eigenvalue weighted by Crippen LogP contribution is 2.43. The Morgan fingerprint density at radius 2 is 1.73 bits per heavy atom. The average Bonchev–Trinajstić information content (AvgIpc) is 3.18. The molecular formula is C28H27N5O3S. The van der Waals surface area contributed by atoms with Crippen LogP contribution in [0.3, 0.4) is 0 Å². The van der Waals surface area contributed by atoms with Crippen LogP contribution in [-0.2, 0) is 9.84 Å². The lowest BCUT2D eigenvalue weighted by atomic mass is 9.92. The fourth-order valence-electron chi connectivity index (χ4n) is 5.21. The van der Waals surface area contributed by atoms with E-state index >= 15 is 0 Å². The van der Waals surface area contributed by atoms with Gasteiger partial charge in [0.1, 0.15) is 21.7 Å². The summed E-state index contributed by atoms with van der Waals surface area (Å²) >= 11 is 0. The van der Waals surface area contributed by atoms with Crippen molar-refractivity contribution in [3.05, 3.63) is 66.5 Å². The van der Waals surface area contributed by atoms with Crippen molar-refractivity contribution in [3.63, 3.8) is 0 Å². The topological polar surface area (TPSA) is 110 Å². The van der Waals surface area contributed by atoms with Gasteiger partial charge in [0.05, 0.1) is 28.3 Å². The summed E-state index contributed by atoms with van der Waals surface area (Å²) in [6.07, 6.45) is 7.82. The Hall–Kier alpha value is -3.90. The van der Waals surface area contributed by atoms with Gasteiger partial charge in [0.25, 0.3) is 0 Å². The second-order valence-corrected chi connectivity index (χ2v) is 12.1. The van der Waals surface area contributed by atoms with Crippen molar-refractivity contribution < 1.29 is 13.2 Å². The minimum atomic E-state index is -2.89. The quantitative estimate of drug-likeness (QED) is 0.364. The molecule has 2 aromatic carbocycles. The van der Waals surface area contributed by atoms with Crippen LogP contribution in [0.15, 0.2) is 60.9 Å². The van der Waals surface area contributed by atoms with Crippen molar-refractivity contribution in [1.29, 1.82) is 5.26 Å². The predicted octanol–water partition coefficient (Wildman–Crippen LogP) is 5.48. The highest BCUT2D eigenvalue weighted by atomic mass is 32.2. The van der Waals surface area contributed by atoms with E-state index in [1.54, 1.807) is 18.5 Å². The third-order valence-electron chi connectivity index (χ3n) is 7.36. The van der Waals surface area contributed by atoms with E-state index in [-0.39, 0.29) is 23.6 Å². The number of rotatable bonds is 6. The maximum Gasteiger partial charge on any atom is 0.321 e. The second kappa shape index (κ2) is 9.52. The molecule has 1 aliphatic heterocycles. The summed E-state index contributed by atoms with van der Waals surface area (Å²) in [4.78, 5) is 8.31. The summed E-state index contributed by atoms with van der Waals surface area (Å²) in [5.74, 6) is 1.09. The summed E-state index contributed by atoms with van der Waals surface area (Å²) in [6, 6.07) is 18.8. The van der Waals surface area contributed by atoms with Gasteiger partial charge in [-0.2, -0.15) is 5.26 Å². The van der Waals surface area contributed by atoms with Gasteiger partial charge < -0.3 is 14.6 Å². The molecule has 37 heavy (non-hydrogen) atoms. The molecule has 1 N–H and O–H groups in total. The zero-order chi connectivity index (χ0) is 25.4. The number of hydrogen-bond acceptors (Lipinski definition) is 7. The molecule has 1 saturated carbocycles. The van der Waals surface area contributed by atoms with Gasteiger partial charge >= 0.3 is 6.01 Å². The average molecular weight is 514 g/mol. The SMILES string of the molecule is N#Cc1c(-c2ccc(NC3CCS(=O)(=O)CC3)cc2)n(C2CCC2)c2cc(Oc3ncccn3)ccc12. The highest BCUT2D eigenvalue weighted by Gasteiger charge is 2.28. The van der Waals surface area contributed by atoms with Crippen LogP contribution in [-0.4, -0.2) is 40.5 Å². The summed E-state index contributed by atoms with van der Waals surface area (Å²) in [6.45, 7) is 0. The number of nitriles is 1. The lowest BCUT2D eigenvalue weighted by molar-refractivity contribution is 0.324. The van der Waals surface area contributed by atoms with Gasteiger partial charge in [0.2, 0.25) is 0 Å². The van der Waals surface area contributed by atoms with Gasteiger partial charge in [-0.3, -0.25) is 0 Å². The van der Waals surface area contributed by atoms with Crippen LogP contribution < -0.4 is 10.1 Å². The Bertz CT molecular complexity index is 1570. The number of anilines is 1. The van der Waals surface area contributed by atoms with Crippen molar-refractivity contribution in [1.82, 2.24) is 14.5 Å². The molecule has 8 nitrogen and oxygen atoms in total.